The molecule has 0 bridgehead atoms. The smallest absolute Gasteiger partial charge is 0.129 e. The normalized spacial score (nSPS) is 24.9. The van der Waals surface area contributed by atoms with E-state index in [-0.39, 0.29) is 18.0 Å². The number of rotatable bonds is 3. The lowest BCUT2D eigenvalue weighted by Crippen LogP contribution is -2.35. The Hall–Kier alpha value is -0.640. The second-order valence-corrected chi connectivity index (χ2v) is 5.01. The third-order valence-electron chi connectivity index (χ3n) is 3.28. The molecule has 1 aliphatic rings. The zero-order chi connectivity index (χ0) is 12.3. The van der Waals surface area contributed by atoms with Gasteiger partial charge in [0.2, 0.25) is 0 Å². The molecule has 2 atom stereocenters. The lowest BCUT2D eigenvalue weighted by atomic mass is 9.93. The Kier molecular flexibility index (Phi) is 4.37. The van der Waals surface area contributed by atoms with Gasteiger partial charge in [0.15, 0.2) is 0 Å². The fourth-order valence-corrected chi connectivity index (χ4v) is 2.53. The van der Waals surface area contributed by atoms with Crippen LogP contribution in [0.25, 0.3) is 0 Å². The van der Waals surface area contributed by atoms with Crippen molar-refractivity contribution in [2.75, 3.05) is 0 Å². The first-order valence-corrected chi connectivity index (χ1v) is 6.39. The Morgan fingerprint density at radius 1 is 1.41 bits per heavy atom. The lowest BCUT2D eigenvalue weighted by molar-refractivity contribution is 0.111. The van der Waals surface area contributed by atoms with Crippen LogP contribution < -0.4 is 5.32 Å². The average Bonchev–Trinajstić information content (AvgIpc) is 2.28. The molecular weight excluding hydrogens is 241 g/mol. The van der Waals surface area contributed by atoms with Crippen molar-refractivity contribution in [1.82, 2.24) is 5.32 Å². The van der Waals surface area contributed by atoms with Crippen molar-refractivity contribution in [3.8, 4) is 0 Å². The fraction of sp³-hybridized carbons (Fsp3) is 0.538. The highest BCUT2D eigenvalue weighted by atomic mass is 35.5. The van der Waals surface area contributed by atoms with Gasteiger partial charge in [-0.3, -0.25) is 0 Å². The Labute approximate surface area is 106 Å². The maximum absolute atomic E-state index is 13.5. The van der Waals surface area contributed by atoms with Crippen molar-refractivity contribution < 1.29 is 9.50 Å². The molecule has 2 N–H and O–H groups in total. The van der Waals surface area contributed by atoms with Crippen LogP contribution in [0.1, 0.15) is 31.2 Å². The van der Waals surface area contributed by atoms with Crippen LogP contribution in [0.2, 0.25) is 5.02 Å². The molecule has 0 aliphatic heterocycles. The molecule has 0 spiro atoms. The summed E-state index contributed by atoms with van der Waals surface area (Å²) in [6.45, 7) is 0.420. The fourth-order valence-electron chi connectivity index (χ4n) is 2.30. The van der Waals surface area contributed by atoms with Gasteiger partial charge in [0.1, 0.15) is 5.82 Å². The largest absolute Gasteiger partial charge is 0.393 e. The number of aliphatic hydroxyl groups excluding tert-OH is 1. The molecule has 0 saturated heterocycles. The van der Waals surface area contributed by atoms with Crippen LogP contribution in [-0.4, -0.2) is 17.3 Å². The quantitative estimate of drug-likeness (QED) is 0.873. The van der Waals surface area contributed by atoms with Crippen molar-refractivity contribution >= 4 is 11.6 Å². The Morgan fingerprint density at radius 2 is 2.24 bits per heavy atom. The van der Waals surface area contributed by atoms with E-state index in [0.29, 0.717) is 17.1 Å². The van der Waals surface area contributed by atoms with Crippen LogP contribution in [0.4, 0.5) is 4.39 Å². The molecule has 0 amide bonds. The van der Waals surface area contributed by atoms with Crippen molar-refractivity contribution in [3.63, 3.8) is 0 Å². The summed E-state index contributed by atoms with van der Waals surface area (Å²) in [6, 6.07) is 4.97. The maximum Gasteiger partial charge on any atom is 0.129 e. The summed E-state index contributed by atoms with van der Waals surface area (Å²) in [5.74, 6) is -0.277. The third-order valence-corrected chi connectivity index (χ3v) is 3.63. The molecule has 0 unspecified atom stereocenters. The number of hydrogen-bond donors (Lipinski definition) is 2. The lowest BCUT2D eigenvalue weighted by Gasteiger charge is -2.27. The first kappa shape index (κ1) is 12.8. The van der Waals surface area contributed by atoms with Gasteiger partial charge in [0, 0.05) is 23.2 Å². The summed E-state index contributed by atoms with van der Waals surface area (Å²) in [5, 5.41) is 13.3. The van der Waals surface area contributed by atoms with Crippen molar-refractivity contribution in [2.24, 2.45) is 0 Å². The molecule has 0 aromatic heterocycles. The SMILES string of the molecule is O[C@@H]1CCC[C@H](NCc2c(F)cccc2Cl)C1. The average molecular weight is 258 g/mol. The van der Waals surface area contributed by atoms with E-state index in [1.807, 2.05) is 0 Å². The maximum atomic E-state index is 13.5. The molecule has 1 saturated carbocycles. The van der Waals surface area contributed by atoms with Crippen LogP contribution in [-0.2, 0) is 6.54 Å². The predicted octanol–water partition coefficient (Wildman–Crippen LogP) is 2.87. The summed E-state index contributed by atoms with van der Waals surface area (Å²) >= 11 is 5.95. The molecule has 1 aromatic carbocycles. The van der Waals surface area contributed by atoms with E-state index in [1.165, 1.54) is 6.07 Å². The van der Waals surface area contributed by atoms with Crippen LogP contribution in [0.3, 0.4) is 0 Å². The highest BCUT2D eigenvalue weighted by molar-refractivity contribution is 6.31. The minimum atomic E-state index is -0.277. The second kappa shape index (κ2) is 5.80. The van der Waals surface area contributed by atoms with E-state index in [2.05, 4.69) is 5.32 Å². The van der Waals surface area contributed by atoms with E-state index < -0.39 is 0 Å². The Bertz CT molecular complexity index is 365. The molecule has 0 heterocycles. The van der Waals surface area contributed by atoms with Gasteiger partial charge in [-0.2, -0.15) is 0 Å². The third kappa shape index (κ3) is 3.41. The first-order chi connectivity index (χ1) is 8.16. The molecule has 4 heteroatoms. The predicted molar refractivity (Wildman–Crippen MR) is 66.5 cm³/mol. The van der Waals surface area contributed by atoms with Crippen molar-refractivity contribution in [2.45, 2.75) is 44.4 Å². The zero-order valence-electron chi connectivity index (χ0n) is 9.63. The number of halogens is 2. The van der Waals surface area contributed by atoms with Gasteiger partial charge in [0.05, 0.1) is 6.10 Å². The monoisotopic (exact) mass is 257 g/mol. The Morgan fingerprint density at radius 3 is 2.94 bits per heavy atom. The van der Waals surface area contributed by atoms with Gasteiger partial charge in [-0.15, -0.1) is 0 Å². The molecule has 17 heavy (non-hydrogen) atoms. The molecule has 0 radical (unpaired) electrons. The number of nitrogens with one attached hydrogen (secondary N) is 1. The molecule has 1 aliphatic carbocycles. The van der Waals surface area contributed by atoms with E-state index >= 15 is 0 Å². The van der Waals surface area contributed by atoms with E-state index in [9.17, 15) is 9.50 Å². The molecule has 1 fully saturated rings. The number of benzene rings is 1. The summed E-state index contributed by atoms with van der Waals surface area (Å²) in [6.07, 6.45) is 3.44. The van der Waals surface area contributed by atoms with E-state index in [4.69, 9.17) is 11.6 Å². The minimum Gasteiger partial charge on any atom is -0.393 e. The summed E-state index contributed by atoms with van der Waals surface area (Å²) in [4.78, 5) is 0. The van der Waals surface area contributed by atoms with Crippen LogP contribution >= 0.6 is 11.6 Å². The molecular formula is C13H17ClFNO. The summed E-state index contributed by atoms with van der Waals surface area (Å²) < 4.78 is 13.5. The highest BCUT2D eigenvalue weighted by Gasteiger charge is 2.20. The topological polar surface area (TPSA) is 32.3 Å². The van der Waals surface area contributed by atoms with Gasteiger partial charge in [-0.05, 0) is 37.8 Å². The summed E-state index contributed by atoms with van der Waals surface area (Å²) in [7, 11) is 0. The van der Waals surface area contributed by atoms with Crippen LogP contribution in [0.5, 0.6) is 0 Å². The van der Waals surface area contributed by atoms with Gasteiger partial charge >= 0.3 is 0 Å². The minimum absolute atomic E-state index is 0.225. The molecule has 2 rings (SSSR count). The first-order valence-electron chi connectivity index (χ1n) is 6.01. The van der Waals surface area contributed by atoms with Crippen molar-refractivity contribution in [1.29, 1.82) is 0 Å². The van der Waals surface area contributed by atoms with Gasteiger partial charge in [-0.1, -0.05) is 17.7 Å². The highest BCUT2D eigenvalue weighted by Crippen LogP contribution is 2.21. The number of hydrogen-bond acceptors (Lipinski definition) is 2. The van der Waals surface area contributed by atoms with Gasteiger partial charge in [0.25, 0.3) is 0 Å². The molecule has 94 valence electrons. The zero-order valence-corrected chi connectivity index (χ0v) is 10.4. The van der Waals surface area contributed by atoms with E-state index in [0.717, 1.165) is 25.7 Å². The van der Waals surface area contributed by atoms with Gasteiger partial charge in [-0.25, -0.2) is 4.39 Å². The molecule has 2 nitrogen and oxygen atoms in total. The Balaban J connectivity index is 1.93. The summed E-state index contributed by atoms with van der Waals surface area (Å²) in [5.41, 5.74) is 0.509. The number of aliphatic hydroxyl groups is 1. The van der Waals surface area contributed by atoms with Gasteiger partial charge < -0.3 is 10.4 Å². The van der Waals surface area contributed by atoms with Crippen LogP contribution in [0.15, 0.2) is 18.2 Å². The standard InChI is InChI=1S/C13H17ClFNO/c14-12-5-2-6-13(15)11(12)8-16-9-3-1-4-10(17)7-9/h2,5-6,9-10,16-17H,1,3-4,7-8H2/t9-,10+/m0/s1. The molecule has 1 aromatic rings. The second-order valence-electron chi connectivity index (χ2n) is 4.60. The van der Waals surface area contributed by atoms with Crippen LogP contribution in [0, 0.1) is 5.82 Å². The van der Waals surface area contributed by atoms with E-state index in [1.54, 1.807) is 12.1 Å². The van der Waals surface area contributed by atoms with Crippen molar-refractivity contribution in [3.05, 3.63) is 34.6 Å².